The Hall–Kier alpha value is -3.60. The van der Waals surface area contributed by atoms with Crippen molar-refractivity contribution in [3.63, 3.8) is 0 Å². The molecular formula is C24H22N2O3. The van der Waals surface area contributed by atoms with Gasteiger partial charge in [-0.15, -0.1) is 0 Å². The monoisotopic (exact) mass is 386 g/mol. The number of nitrogens with one attached hydrogen (secondary N) is 2. The molecule has 3 aromatic rings. The van der Waals surface area contributed by atoms with Crippen molar-refractivity contribution < 1.29 is 14.3 Å². The highest BCUT2D eigenvalue weighted by Crippen LogP contribution is 2.30. The van der Waals surface area contributed by atoms with Crippen molar-refractivity contribution in [2.45, 2.75) is 19.4 Å². The van der Waals surface area contributed by atoms with Gasteiger partial charge < -0.3 is 15.4 Å². The number of carbonyl (C=O) groups excluding carboxylic acids is 2. The zero-order valence-corrected chi connectivity index (χ0v) is 15.9. The first kappa shape index (κ1) is 18.7. The van der Waals surface area contributed by atoms with Crippen LogP contribution in [0.25, 0.3) is 0 Å². The quantitative estimate of drug-likeness (QED) is 0.609. The first-order valence-corrected chi connectivity index (χ1v) is 9.66. The van der Waals surface area contributed by atoms with E-state index in [0.717, 1.165) is 24.2 Å². The van der Waals surface area contributed by atoms with Crippen molar-refractivity contribution in [2.24, 2.45) is 5.92 Å². The van der Waals surface area contributed by atoms with Crippen molar-refractivity contribution in [1.82, 2.24) is 0 Å². The lowest BCUT2D eigenvalue weighted by Gasteiger charge is -2.10. The minimum atomic E-state index is -0.231. The van der Waals surface area contributed by atoms with Gasteiger partial charge in [-0.05, 0) is 60.9 Å². The summed E-state index contributed by atoms with van der Waals surface area (Å²) in [6.07, 6.45) is 1.88. The van der Waals surface area contributed by atoms with Gasteiger partial charge in [-0.2, -0.15) is 0 Å². The average Bonchev–Trinajstić information content (AvgIpc) is 3.60. The summed E-state index contributed by atoms with van der Waals surface area (Å²) in [5.74, 6) is 0.644. The molecule has 1 fully saturated rings. The smallest absolute Gasteiger partial charge is 0.255 e. The van der Waals surface area contributed by atoms with Crippen molar-refractivity contribution >= 4 is 23.2 Å². The Bertz CT molecular complexity index is 996. The van der Waals surface area contributed by atoms with Gasteiger partial charge in [-0.25, -0.2) is 0 Å². The van der Waals surface area contributed by atoms with E-state index in [9.17, 15) is 9.59 Å². The van der Waals surface area contributed by atoms with Crippen LogP contribution >= 0.6 is 0 Å². The van der Waals surface area contributed by atoms with Crippen LogP contribution < -0.4 is 15.4 Å². The average molecular weight is 386 g/mol. The van der Waals surface area contributed by atoms with E-state index in [1.165, 1.54) is 0 Å². The highest BCUT2D eigenvalue weighted by molar-refractivity contribution is 6.05. The second kappa shape index (κ2) is 8.61. The molecule has 0 saturated heterocycles. The number of rotatable bonds is 7. The third-order valence-electron chi connectivity index (χ3n) is 4.70. The van der Waals surface area contributed by atoms with Crippen molar-refractivity contribution in [3.05, 3.63) is 90.0 Å². The van der Waals surface area contributed by atoms with Crippen LogP contribution in [-0.2, 0) is 11.4 Å². The fraction of sp³-hybridized carbons (Fsp3) is 0.167. The number of ether oxygens (including phenoxy) is 1. The zero-order chi connectivity index (χ0) is 20.1. The standard InChI is InChI=1S/C24H22N2O3/c27-23(18-9-10-18)26-21-8-4-7-19(15-21)24(28)25-20-11-13-22(14-12-20)29-16-17-5-2-1-3-6-17/h1-8,11-15,18H,9-10,16H2,(H,25,28)(H,26,27). The molecule has 2 N–H and O–H groups in total. The van der Waals surface area contributed by atoms with Crippen LogP contribution in [0.5, 0.6) is 5.75 Å². The molecule has 5 nitrogen and oxygen atoms in total. The molecule has 0 radical (unpaired) electrons. The molecule has 3 aromatic carbocycles. The molecule has 0 spiro atoms. The van der Waals surface area contributed by atoms with E-state index < -0.39 is 0 Å². The zero-order valence-electron chi connectivity index (χ0n) is 15.9. The lowest BCUT2D eigenvalue weighted by Crippen LogP contribution is -2.15. The molecule has 146 valence electrons. The van der Waals surface area contributed by atoms with E-state index in [0.29, 0.717) is 23.5 Å². The molecule has 4 rings (SSSR count). The first-order chi connectivity index (χ1) is 14.2. The molecule has 1 aliphatic rings. The molecule has 0 aliphatic heterocycles. The minimum Gasteiger partial charge on any atom is -0.489 e. The molecule has 0 bridgehead atoms. The molecule has 0 heterocycles. The number of benzene rings is 3. The van der Waals surface area contributed by atoms with Crippen molar-refractivity contribution in [2.75, 3.05) is 10.6 Å². The lowest BCUT2D eigenvalue weighted by molar-refractivity contribution is -0.117. The third kappa shape index (κ3) is 5.23. The Morgan fingerprint density at radius 1 is 0.828 bits per heavy atom. The van der Waals surface area contributed by atoms with Gasteiger partial charge in [0.15, 0.2) is 0 Å². The summed E-state index contributed by atoms with van der Waals surface area (Å²) in [5, 5.41) is 5.73. The van der Waals surface area contributed by atoms with Gasteiger partial charge in [-0.1, -0.05) is 36.4 Å². The molecule has 0 atom stereocenters. The summed E-state index contributed by atoms with van der Waals surface area (Å²) in [6, 6.07) is 24.2. The molecule has 0 unspecified atom stereocenters. The highest BCUT2D eigenvalue weighted by atomic mass is 16.5. The maximum Gasteiger partial charge on any atom is 0.255 e. The number of carbonyl (C=O) groups is 2. The summed E-state index contributed by atoms with van der Waals surface area (Å²) in [7, 11) is 0. The van der Waals surface area contributed by atoms with Gasteiger partial charge in [0.25, 0.3) is 5.91 Å². The van der Waals surface area contributed by atoms with Crippen LogP contribution in [0.2, 0.25) is 0 Å². The van der Waals surface area contributed by atoms with Crippen LogP contribution in [0.4, 0.5) is 11.4 Å². The van der Waals surface area contributed by atoms with Crippen LogP contribution in [0.15, 0.2) is 78.9 Å². The lowest BCUT2D eigenvalue weighted by atomic mass is 10.1. The Morgan fingerprint density at radius 2 is 1.59 bits per heavy atom. The molecule has 1 saturated carbocycles. The topological polar surface area (TPSA) is 67.4 Å². The molecule has 1 aliphatic carbocycles. The van der Waals surface area contributed by atoms with Gasteiger partial charge in [0.1, 0.15) is 12.4 Å². The molecule has 29 heavy (non-hydrogen) atoms. The summed E-state index contributed by atoms with van der Waals surface area (Å²) < 4.78 is 5.76. The Morgan fingerprint density at radius 3 is 2.31 bits per heavy atom. The predicted molar refractivity (Wildman–Crippen MR) is 113 cm³/mol. The summed E-state index contributed by atoms with van der Waals surface area (Å²) >= 11 is 0. The Labute approximate surface area is 169 Å². The first-order valence-electron chi connectivity index (χ1n) is 9.66. The summed E-state index contributed by atoms with van der Waals surface area (Å²) in [4.78, 5) is 24.4. The van der Waals surface area contributed by atoms with E-state index in [2.05, 4.69) is 10.6 Å². The maximum atomic E-state index is 12.5. The maximum absolute atomic E-state index is 12.5. The summed E-state index contributed by atoms with van der Waals surface area (Å²) in [5.41, 5.74) is 2.90. The van der Waals surface area contributed by atoms with Gasteiger partial charge in [-0.3, -0.25) is 9.59 Å². The second-order valence-corrected chi connectivity index (χ2v) is 7.10. The number of hydrogen-bond acceptors (Lipinski definition) is 3. The van der Waals surface area contributed by atoms with E-state index in [1.54, 1.807) is 36.4 Å². The van der Waals surface area contributed by atoms with Gasteiger partial charge in [0, 0.05) is 22.9 Å². The Kier molecular flexibility index (Phi) is 5.56. The molecule has 0 aromatic heterocycles. The van der Waals surface area contributed by atoms with Crippen LogP contribution in [-0.4, -0.2) is 11.8 Å². The number of hydrogen-bond donors (Lipinski definition) is 2. The highest BCUT2D eigenvalue weighted by Gasteiger charge is 2.29. The largest absolute Gasteiger partial charge is 0.489 e. The molecule has 2 amide bonds. The van der Waals surface area contributed by atoms with Gasteiger partial charge in [0.05, 0.1) is 0 Å². The third-order valence-corrected chi connectivity index (χ3v) is 4.70. The fourth-order valence-corrected chi connectivity index (χ4v) is 2.91. The van der Waals surface area contributed by atoms with Crippen LogP contribution in [0.1, 0.15) is 28.8 Å². The minimum absolute atomic E-state index is 0.0219. The van der Waals surface area contributed by atoms with E-state index in [4.69, 9.17) is 4.74 Å². The number of amides is 2. The Balaban J connectivity index is 1.33. The normalized spacial score (nSPS) is 12.8. The van der Waals surface area contributed by atoms with Crippen LogP contribution in [0.3, 0.4) is 0 Å². The molecular weight excluding hydrogens is 364 g/mol. The van der Waals surface area contributed by atoms with E-state index in [1.807, 2.05) is 42.5 Å². The number of anilines is 2. The SMILES string of the molecule is O=C(Nc1ccc(OCc2ccccc2)cc1)c1cccc(NC(=O)C2CC2)c1. The second-order valence-electron chi connectivity index (χ2n) is 7.10. The van der Waals surface area contributed by atoms with E-state index in [-0.39, 0.29) is 17.7 Å². The van der Waals surface area contributed by atoms with E-state index >= 15 is 0 Å². The van der Waals surface area contributed by atoms with Gasteiger partial charge in [0.2, 0.25) is 5.91 Å². The van der Waals surface area contributed by atoms with Crippen LogP contribution in [0, 0.1) is 5.92 Å². The van der Waals surface area contributed by atoms with Crippen molar-refractivity contribution in [1.29, 1.82) is 0 Å². The fourth-order valence-electron chi connectivity index (χ4n) is 2.91. The van der Waals surface area contributed by atoms with Crippen molar-refractivity contribution in [3.8, 4) is 5.75 Å². The molecule has 5 heteroatoms. The summed E-state index contributed by atoms with van der Waals surface area (Å²) in [6.45, 7) is 0.492. The van der Waals surface area contributed by atoms with Gasteiger partial charge >= 0.3 is 0 Å². The predicted octanol–water partition coefficient (Wildman–Crippen LogP) is 4.87.